The summed E-state index contributed by atoms with van der Waals surface area (Å²) in [5.74, 6) is -0.0522. The Kier molecular flexibility index (Phi) is 10.6. The number of ether oxygens (including phenoxy) is 1. The van der Waals surface area contributed by atoms with Crippen molar-refractivity contribution in [2.45, 2.75) is 56.2 Å². The molecule has 46 heavy (non-hydrogen) atoms. The lowest BCUT2D eigenvalue weighted by Gasteiger charge is -2.36. The van der Waals surface area contributed by atoms with Gasteiger partial charge in [-0.3, -0.25) is 4.90 Å². The minimum absolute atomic E-state index is 0.107. The summed E-state index contributed by atoms with van der Waals surface area (Å²) in [5, 5.41) is 9.95. The Hall–Kier alpha value is -3.61. The van der Waals surface area contributed by atoms with Gasteiger partial charge in [-0.1, -0.05) is 26.0 Å². The van der Waals surface area contributed by atoms with Gasteiger partial charge < -0.3 is 14.7 Å². The summed E-state index contributed by atoms with van der Waals surface area (Å²) in [7, 11) is 0. The second kappa shape index (κ2) is 14.4. The van der Waals surface area contributed by atoms with Crippen molar-refractivity contribution in [3.05, 3.63) is 94.2 Å². The lowest BCUT2D eigenvalue weighted by molar-refractivity contribution is -0.144. The second-order valence-electron chi connectivity index (χ2n) is 11.4. The van der Waals surface area contributed by atoms with E-state index in [1.807, 2.05) is 26.0 Å². The molecule has 1 fully saturated rings. The first-order chi connectivity index (χ1) is 21.9. The van der Waals surface area contributed by atoms with Crippen molar-refractivity contribution in [2.75, 3.05) is 31.1 Å². The Morgan fingerprint density at radius 3 is 2.28 bits per heavy atom. The maximum atomic E-state index is 13.4. The monoisotopic (exact) mass is 673 g/mol. The van der Waals surface area contributed by atoms with Gasteiger partial charge in [0.05, 0.1) is 11.3 Å². The Balaban J connectivity index is 1.35. The van der Waals surface area contributed by atoms with E-state index in [0.29, 0.717) is 28.6 Å². The predicted molar refractivity (Wildman–Crippen MR) is 174 cm³/mol. The van der Waals surface area contributed by atoms with Crippen LogP contribution in [0.2, 0.25) is 0 Å². The van der Waals surface area contributed by atoms with Crippen LogP contribution in [0.1, 0.15) is 48.4 Å². The van der Waals surface area contributed by atoms with Crippen LogP contribution in [0.5, 0.6) is 5.75 Å². The molecule has 5 rings (SSSR count). The van der Waals surface area contributed by atoms with Crippen LogP contribution in [0.3, 0.4) is 0 Å². The Bertz CT molecular complexity index is 1640. The third kappa shape index (κ3) is 8.40. The third-order valence-corrected chi connectivity index (χ3v) is 10.1. The fourth-order valence-corrected chi connectivity index (χ4v) is 7.26. The number of carboxylic acid groups (broad SMARTS) is 1. The molecule has 0 amide bonds. The first-order valence-electron chi connectivity index (χ1n) is 14.9. The quantitative estimate of drug-likeness (QED) is 0.126. The Labute approximate surface area is 274 Å². The largest absolute Gasteiger partial charge is 0.479 e. The average molecular weight is 674 g/mol. The summed E-state index contributed by atoms with van der Waals surface area (Å²) in [6.45, 7) is 9.26. The molecule has 1 aliphatic rings. The van der Waals surface area contributed by atoms with Crippen LogP contribution in [0, 0.1) is 5.82 Å². The highest BCUT2D eigenvalue weighted by Gasteiger charge is 2.30. The van der Waals surface area contributed by atoms with Crippen molar-refractivity contribution < 1.29 is 32.2 Å². The summed E-state index contributed by atoms with van der Waals surface area (Å²) < 4.78 is 58.7. The van der Waals surface area contributed by atoms with E-state index in [1.54, 1.807) is 30.0 Å². The fraction of sp³-hybridized carbons (Fsp3) is 0.353. The predicted octanol–water partition coefficient (Wildman–Crippen LogP) is 8.56. The highest BCUT2D eigenvalue weighted by atomic mass is 32.2. The number of benzene rings is 3. The first kappa shape index (κ1) is 33.7. The normalized spacial score (nSPS) is 14.9. The van der Waals surface area contributed by atoms with Gasteiger partial charge in [0.1, 0.15) is 16.6 Å². The summed E-state index contributed by atoms with van der Waals surface area (Å²) in [5.41, 5.74) is 2.71. The van der Waals surface area contributed by atoms with Gasteiger partial charge >= 0.3 is 12.1 Å². The van der Waals surface area contributed by atoms with Crippen molar-refractivity contribution in [2.24, 2.45) is 0 Å². The van der Waals surface area contributed by atoms with Gasteiger partial charge in [0.2, 0.25) is 0 Å². The molecule has 1 atom stereocenters. The van der Waals surface area contributed by atoms with Gasteiger partial charge in [-0.15, -0.1) is 23.1 Å². The number of hydrogen-bond acceptors (Lipinski definition) is 7. The van der Waals surface area contributed by atoms with Crippen LogP contribution in [0.25, 0.3) is 10.6 Å². The van der Waals surface area contributed by atoms with Crippen LogP contribution in [-0.4, -0.2) is 53.2 Å². The number of carbonyl (C=O) groups is 1. The van der Waals surface area contributed by atoms with Crippen molar-refractivity contribution in [3.63, 3.8) is 0 Å². The Morgan fingerprint density at radius 1 is 1.00 bits per heavy atom. The zero-order valence-electron chi connectivity index (χ0n) is 25.7. The van der Waals surface area contributed by atoms with Gasteiger partial charge in [-0.2, -0.15) is 13.2 Å². The molecule has 6 nitrogen and oxygen atoms in total. The number of alkyl halides is 3. The zero-order chi connectivity index (χ0) is 33.0. The molecule has 4 aromatic rings. The van der Waals surface area contributed by atoms with E-state index in [2.05, 4.69) is 9.80 Å². The number of piperazine rings is 1. The summed E-state index contributed by atoms with van der Waals surface area (Å²) in [6, 6.07) is 17.3. The van der Waals surface area contributed by atoms with E-state index in [9.17, 15) is 27.5 Å². The molecule has 1 aliphatic heterocycles. The smallest absolute Gasteiger partial charge is 0.416 e. The molecule has 0 saturated carbocycles. The Morgan fingerprint density at radius 2 is 1.67 bits per heavy atom. The molecule has 1 unspecified atom stereocenters. The van der Waals surface area contributed by atoms with Crippen molar-refractivity contribution >= 4 is 34.8 Å². The maximum Gasteiger partial charge on any atom is 0.416 e. The minimum atomic E-state index is -4.41. The molecule has 3 aromatic carbocycles. The summed E-state index contributed by atoms with van der Waals surface area (Å²) in [4.78, 5) is 22.8. The van der Waals surface area contributed by atoms with E-state index in [4.69, 9.17) is 9.72 Å². The van der Waals surface area contributed by atoms with Gasteiger partial charge in [0.25, 0.3) is 0 Å². The van der Waals surface area contributed by atoms with Crippen LogP contribution >= 0.6 is 23.1 Å². The van der Waals surface area contributed by atoms with Gasteiger partial charge in [0, 0.05) is 59.5 Å². The second-order valence-corrected chi connectivity index (χ2v) is 13.6. The van der Waals surface area contributed by atoms with Crippen LogP contribution in [0.15, 0.2) is 71.6 Å². The number of anilines is 1. The van der Waals surface area contributed by atoms with E-state index in [0.717, 1.165) is 65.0 Å². The molecule has 1 N–H and O–H groups in total. The highest BCUT2D eigenvalue weighted by Crippen LogP contribution is 2.38. The molecule has 1 aromatic heterocycles. The number of thioether (sulfide) groups is 1. The molecular formula is C34H35F4N3O3S2. The molecule has 0 spiro atoms. The van der Waals surface area contributed by atoms with Crippen molar-refractivity contribution in [1.29, 1.82) is 0 Å². The molecule has 244 valence electrons. The number of carboxylic acids is 1. The average Bonchev–Trinajstić information content (AvgIpc) is 3.43. The number of rotatable bonds is 11. The lowest BCUT2D eigenvalue weighted by atomic mass is 10.0. The van der Waals surface area contributed by atoms with Gasteiger partial charge in [0.15, 0.2) is 6.10 Å². The van der Waals surface area contributed by atoms with E-state index < -0.39 is 23.8 Å². The number of thiazole rings is 1. The summed E-state index contributed by atoms with van der Waals surface area (Å²) in [6.07, 6.45) is -5.39. The highest BCUT2D eigenvalue weighted by molar-refractivity contribution is 7.98. The lowest BCUT2D eigenvalue weighted by Crippen LogP contribution is -2.46. The van der Waals surface area contributed by atoms with Gasteiger partial charge in [-0.25, -0.2) is 14.2 Å². The summed E-state index contributed by atoms with van der Waals surface area (Å²) >= 11 is 3.10. The topological polar surface area (TPSA) is 65.9 Å². The number of aliphatic carboxylic acids is 1. The molecule has 12 heteroatoms. The molecule has 1 saturated heterocycles. The third-order valence-electron chi connectivity index (χ3n) is 7.80. The van der Waals surface area contributed by atoms with E-state index in [1.165, 1.54) is 42.5 Å². The van der Waals surface area contributed by atoms with Crippen molar-refractivity contribution in [1.82, 2.24) is 9.88 Å². The number of aromatic nitrogens is 1. The molecule has 0 radical (unpaired) electrons. The molecular weight excluding hydrogens is 639 g/mol. The van der Waals surface area contributed by atoms with Crippen LogP contribution in [-0.2, 0) is 23.3 Å². The first-order valence-corrected chi connectivity index (χ1v) is 16.7. The van der Waals surface area contributed by atoms with E-state index >= 15 is 0 Å². The van der Waals surface area contributed by atoms with Crippen molar-refractivity contribution in [3.8, 4) is 16.3 Å². The van der Waals surface area contributed by atoms with Gasteiger partial charge in [-0.05, 0) is 73.0 Å². The fourth-order valence-electron chi connectivity index (χ4n) is 5.14. The molecule has 0 bridgehead atoms. The van der Waals surface area contributed by atoms with Crippen LogP contribution < -0.4 is 9.64 Å². The number of halogens is 4. The number of hydrogen-bond donors (Lipinski definition) is 1. The van der Waals surface area contributed by atoms with E-state index in [-0.39, 0.29) is 11.7 Å². The SMILES string of the molecule is CC(Oc1ccc(SCc2sc(-c3ccc(C(F)(F)F)cc3)nc2CN2CCN(c3ccc(F)cc3)CC2)cc1C(C)C)C(=O)O. The minimum Gasteiger partial charge on any atom is -0.479 e. The molecule has 0 aliphatic carbocycles. The standard InChI is InChI=1S/C34H35F4N3O3S2/c1-21(2)28-18-27(12-13-30(28)44-22(3)33(42)43)45-20-31-29(39-32(46-31)23-4-6-24(7-5-23)34(36,37)38)19-40-14-16-41(17-15-40)26-10-8-25(35)9-11-26/h4-13,18,21-22H,14-17,19-20H2,1-3H3,(H,42,43). The zero-order valence-corrected chi connectivity index (χ0v) is 27.3. The molecule has 2 heterocycles. The number of nitrogens with zero attached hydrogens (tertiary/aromatic N) is 3. The van der Waals surface area contributed by atoms with Crippen LogP contribution in [0.4, 0.5) is 23.2 Å². The maximum absolute atomic E-state index is 13.4.